The van der Waals surface area contributed by atoms with Crippen molar-refractivity contribution in [3.63, 3.8) is 0 Å². The molecule has 1 amide bonds. The number of carbonyl (C=O) groups excluding carboxylic acids is 4. The molecule has 0 N–H and O–H groups in total. The van der Waals surface area contributed by atoms with Gasteiger partial charge in [-0.2, -0.15) is 0 Å². The Hall–Kier alpha value is -3.48. The first-order valence-corrected chi connectivity index (χ1v) is 15.7. The summed E-state index contributed by atoms with van der Waals surface area (Å²) in [6.45, 7) is 6.56. The zero-order valence-corrected chi connectivity index (χ0v) is 25.8. The van der Waals surface area contributed by atoms with Crippen LogP contribution in [-0.4, -0.2) is 68.5 Å². The maximum Gasteiger partial charge on any atom is 0.281 e. The molecule has 2 aromatic rings. The van der Waals surface area contributed by atoms with Gasteiger partial charge in [-0.25, -0.2) is 8.42 Å². The highest BCUT2D eigenvalue weighted by Crippen LogP contribution is 2.30. The molecule has 228 valence electrons. The van der Waals surface area contributed by atoms with Crippen molar-refractivity contribution in [3.05, 3.63) is 63.2 Å². The molecule has 11 nitrogen and oxygen atoms in total. The summed E-state index contributed by atoms with van der Waals surface area (Å²) in [7, 11) is -2.06. The number of Topliss-reactive ketones (excluding diaryl/α,β-unsaturated/α-hetero) is 3. The molecule has 0 radical (unpaired) electrons. The number of hydrogen-bond acceptors (Lipinski definition) is 9. The number of rotatable bonds is 10. The minimum absolute atomic E-state index is 0.0223. The number of sulfone groups is 1. The van der Waals surface area contributed by atoms with E-state index in [1.807, 2.05) is 26.0 Å². The Morgan fingerprint density at radius 1 is 1.17 bits per heavy atom. The minimum Gasteiger partial charge on any atom is -0.383 e. The number of aryl methyl sites for hydroxylation is 2. The number of methoxy groups -OCH3 is 1. The lowest BCUT2D eigenvalue weighted by Crippen LogP contribution is -2.43. The lowest BCUT2D eigenvalue weighted by Gasteiger charge is -2.31. The fourth-order valence-corrected chi connectivity index (χ4v) is 5.54. The van der Waals surface area contributed by atoms with E-state index in [1.165, 1.54) is 0 Å². The van der Waals surface area contributed by atoms with E-state index in [0.29, 0.717) is 13.0 Å². The topological polar surface area (TPSA) is 158 Å². The van der Waals surface area contributed by atoms with Gasteiger partial charge in [0, 0.05) is 32.3 Å². The summed E-state index contributed by atoms with van der Waals surface area (Å²) in [6.07, 6.45) is 2.25. The van der Waals surface area contributed by atoms with Gasteiger partial charge < -0.3 is 9.64 Å². The van der Waals surface area contributed by atoms with Crippen molar-refractivity contribution in [1.82, 2.24) is 0 Å². The average Bonchev–Trinajstić information content (AvgIpc) is 2.93. The molecule has 13 heteroatoms. The van der Waals surface area contributed by atoms with E-state index in [9.17, 15) is 37.7 Å². The Kier molecular flexibility index (Phi) is 12.5. The van der Waals surface area contributed by atoms with Gasteiger partial charge in [-0.05, 0) is 49.9 Å². The highest BCUT2D eigenvalue weighted by molar-refractivity contribution is 7.90. The molecule has 3 rings (SSSR count). The molecule has 0 aliphatic heterocycles. The lowest BCUT2D eigenvalue weighted by molar-refractivity contribution is -0.385. The zero-order chi connectivity index (χ0) is 31.8. The molecule has 1 aliphatic carbocycles. The second kappa shape index (κ2) is 15.1. The van der Waals surface area contributed by atoms with E-state index < -0.39 is 49.3 Å². The van der Waals surface area contributed by atoms with Crippen molar-refractivity contribution in [1.29, 1.82) is 0 Å². The second-order valence-corrected chi connectivity index (χ2v) is 12.2. The van der Waals surface area contributed by atoms with Crippen LogP contribution in [0.25, 0.3) is 0 Å². The number of ketones is 3. The third-order valence-corrected chi connectivity index (χ3v) is 8.13. The predicted molar refractivity (Wildman–Crippen MR) is 158 cm³/mol. The van der Waals surface area contributed by atoms with Gasteiger partial charge in [-0.15, -0.1) is 11.6 Å². The molecule has 0 heterocycles. The van der Waals surface area contributed by atoms with Crippen molar-refractivity contribution in [2.45, 2.75) is 57.4 Å². The summed E-state index contributed by atoms with van der Waals surface area (Å²) < 4.78 is 28.1. The molecule has 1 aliphatic rings. The van der Waals surface area contributed by atoms with E-state index in [-0.39, 0.29) is 35.6 Å². The first-order chi connectivity index (χ1) is 19.7. The zero-order valence-electron chi connectivity index (χ0n) is 24.2. The summed E-state index contributed by atoms with van der Waals surface area (Å²) in [6, 6.07) is 8.84. The number of alkyl halides is 1. The summed E-state index contributed by atoms with van der Waals surface area (Å²) in [4.78, 5) is 59.9. The molecule has 0 bridgehead atoms. The van der Waals surface area contributed by atoms with Crippen LogP contribution in [0, 0.1) is 23.0 Å². The molecule has 0 spiro atoms. The number of amides is 1. The van der Waals surface area contributed by atoms with Crippen molar-refractivity contribution >= 4 is 56.1 Å². The monoisotopic (exact) mass is 622 g/mol. The fourth-order valence-electron chi connectivity index (χ4n) is 4.78. The molecule has 0 unspecified atom stereocenters. The second-order valence-electron chi connectivity index (χ2n) is 9.93. The summed E-state index contributed by atoms with van der Waals surface area (Å²) in [5.74, 6) is -3.72. The maximum absolute atomic E-state index is 12.4. The fraction of sp³-hybridized carbons (Fsp3) is 0.448. The number of anilines is 1. The summed E-state index contributed by atoms with van der Waals surface area (Å²) >= 11 is 5.76. The first kappa shape index (κ1) is 34.7. The standard InChI is InChI=1S/C15H22ClNO2.C14H13NO7S/c1-5-13-8-6-7-11(2)15(13)17(14(18)9-16)12(3)10-19-4;1-23(21,22)8-5-6-9(10(7-8)15(19)20)14(18)13-11(16)3-2-4-12(13)17/h6-8,12H,5,9-10H2,1-4H3;5-7,13H,2-4H2,1H3/t12-;/m0./s1. The smallest absolute Gasteiger partial charge is 0.281 e. The molecule has 42 heavy (non-hydrogen) atoms. The quantitative estimate of drug-likeness (QED) is 0.124. The predicted octanol–water partition coefficient (Wildman–Crippen LogP) is 4.28. The highest BCUT2D eigenvalue weighted by Gasteiger charge is 2.39. The van der Waals surface area contributed by atoms with E-state index in [4.69, 9.17) is 16.3 Å². The Bertz CT molecular complexity index is 1460. The molecular weight excluding hydrogens is 588 g/mol. The molecule has 1 atom stereocenters. The van der Waals surface area contributed by atoms with Crippen LogP contribution < -0.4 is 4.90 Å². The van der Waals surface area contributed by atoms with Gasteiger partial charge in [0.1, 0.15) is 11.8 Å². The van der Waals surface area contributed by atoms with Crippen molar-refractivity contribution < 1.29 is 37.3 Å². The van der Waals surface area contributed by atoms with Gasteiger partial charge in [-0.1, -0.05) is 25.1 Å². The number of hydrogen-bond donors (Lipinski definition) is 0. The van der Waals surface area contributed by atoms with Gasteiger partial charge in [0.2, 0.25) is 5.91 Å². The Morgan fingerprint density at radius 2 is 1.79 bits per heavy atom. The van der Waals surface area contributed by atoms with E-state index in [1.54, 1.807) is 12.0 Å². The summed E-state index contributed by atoms with van der Waals surface area (Å²) in [5, 5.41) is 11.1. The van der Waals surface area contributed by atoms with Crippen LogP contribution in [0.1, 0.15) is 54.6 Å². The van der Waals surface area contributed by atoms with Crippen LogP contribution in [0.2, 0.25) is 0 Å². The number of nitrogens with zero attached hydrogens (tertiary/aromatic N) is 2. The average molecular weight is 623 g/mol. The van der Waals surface area contributed by atoms with Gasteiger partial charge in [0.25, 0.3) is 5.69 Å². The summed E-state index contributed by atoms with van der Waals surface area (Å²) in [5.41, 5.74) is 2.04. The van der Waals surface area contributed by atoms with Gasteiger partial charge >= 0.3 is 0 Å². The van der Waals surface area contributed by atoms with E-state index in [0.717, 1.165) is 47.7 Å². The molecule has 1 fully saturated rings. The Morgan fingerprint density at radius 3 is 2.29 bits per heavy atom. The van der Waals surface area contributed by atoms with Crippen LogP contribution in [0.5, 0.6) is 0 Å². The minimum atomic E-state index is -3.70. The van der Waals surface area contributed by atoms with Crippen LogP contribution >= 0.6 is 11.6 Å². The molecule has 2 aromatic carbocycles. The Balaban J connectivity index is 0.000000299. The maximum atomic E-state index is 12.4. The van der Waals surface area contributed by atoms with E-state index >= 15 is 0 Å². The van der Waals surface area contributed by atoms with Gasteiger partial charge in [0.05, 0.1) is 33.7 Å². The molecular formula is C29H35ClN2O9S. The van der Waals surface area contributed by atoms with Crippen LogP contribution in [0.4, 0.5) is 11.4 Å². The Labute approximate surface area is 250 Å². The number of para-hydroxylation sites is 1. The molecule has 0 aromatic heterocycles. The van der Waals surface area contributed by atoms with E-state index in [2.05, 4.69) is 13.0 Å². The first-order valence-electron chi connectivity index (χ1n) is 13.2. The number of nitro benzene ring substituents is 1. The number of benzene rings is 2. The lowest BCUT2D eigenvalue weighted by atomic mass is 9.81. The number of nitro groups is 1. The van der Waals surface area contributed by atoms with Crippen molar-refractivity contribution in [2.24, 2.45) is 5.92 Å². The van der Waals surface area contributed by atoms with Gasteiger partial charge in [0.15, 0.2) is 27.2 Å². The van der Waals surface area contributed by atoms with Crippen LogP contribution in [0.15, 0.2) is 41.3 Å². The van der Waals surface area contributed by atoms with Crippen LogP contribution in [0.3, 0.4) is 0 Å². The SMILES string of the molecule is CCc1cccc(C)c1N(C(=O)CCl)[C@@H](C)COC.CS(=O)(=O)c1ccc(C(=O)C2C(=O)CCCC2=O)c([N+](=O)[O-])c1. The highest BCUT2D eigenvalue weighted by atomic mass is 35.5. The van der Waals surface area contributed by atoms with Gasteiger partial charge in [-0.3, -0.25) is 29.3 Å². The van der Waals surface area contributed by atoms with Crippen molar-refractivity contribution in [3.8, 4) is 0 Å². The number of halogens is 1. The third kappa shape index (κ3) is 8.30. The largest absolute Gasteiger partial charge is 0.383 e. The molecule has 0 saturated heterocycles. The molecule has 1 saturated carbocycles. The normalized spacial score (nSPS) is 14.5. The van der Waals surface area contributed by atoms with Crippen LogP contribution in [-0.2, 0) is 35.4 Å². The van der Waals surface area contributed by atoms with Crippen molar-refractivity contribution in [2.75, 3.05) is 30.8 Å². The number of carbonyl (C=O) groups is 4. The third-order valence-electron chi connectivity index (χ3n) is 6.79. The number of ether oxygens (including phenoxy) is 1.